The summed E-state index contributed by atoms with van der Waals surface area (Å²) in [6.45, 7) is 0.234. The van der Waals surface area contributed by atoms with Crippen molar-refractivity contribution in [1.29, 1.82) is 0 Å². The second kappa shape index (κ2) is 7.30. The Bertz CT molecular complexity index is 1560. The molecule has 1 aromatic heterocycles. The van der Waals surface area contributed by atoms with Crippen LogP contribution in [-0.2, 0) is 16.8 Å². The van der Waals surface area contributed by atoms with Gasteiger partial charge < -0.3 is 14.2 Å². The number of amides is 2. The van der Waals surface area contributed by atoms with Crippen LogP contribution in [0.2, 0.25) is 5.02 Å². The van der Waals surface area contributed by atoms with Gasteiger partial charge in [0.1, 0.15) is 5.58 Å². The van der Waals surface area contributed by atoms with Gasteiger partial charge in [-0.3, -0.25) is 14.4 Å². The first kappa shape index (κ1) is 20.7. The molecule has 34 heavy (non-hydrogen) atoms. The van der Waals surface area contributed by atoms with E-state index in [1.54, 1.807) is 25.2 Å². The van der Waals surface area contributed by atoms with Gasteiger partial charge in [0.2, 0.25) is 5.76 Å². The summed E-state index contributed by atoms with van der Waals surface area (Å²) in [4.78, 5) is 44.7. The Morgan fingerprint density at radius 2 is 1.68 bits per heavy atom. The number of anilines is 1. The Balaban J connectivity index is 1.65. The van der Waals surface area contributed by atoms with E-state index in [4.69, 9.17) is 16.0 Å². The van der Waals surface area contributed by atoms with Crippen LogP contribution in [0.3, 0.4) is 0 Å². The minimum atomic E-state index is -1.59. The van der Waals surface area contributed by atoms with Gasteiger partial charge in [-0.15, -0.1) is 0 Å². The number of hydrogen-bond donors (Lipinski definition) is 0. The zero-order valence-electron chi connectivity index (χ0n) is 18.2. The highest BCUT2D eigenvalue weighted by molar-refractivity contribution is 6.31. The molecule has 6 nitrogen and oxygen atoms in total. The first-order valence-electron chi connectivity index (χ1n) is 10.9. The number of hydrogen-bond acceptors (Lipinski definition) is 4. The van der Waals surface area contributed by atoms with Crippen molar-refractivity contribution < 1.29 is 14.0 Å². The van der Waals surface area contributed by atoms with Crippen LogP contribution in [0.25, 0.3) is 11.0 Å². The normalized spacial score (nSPS) is 18.8. The lowest BCUT2D eigenvalue weighted by atomic mass is 9.84. The van der Waals surface area contributed by atoms with E-state index in [1.807, 2.05) is 48.5 Å². The third-order valence-electron chi connectivity index (χ3n) is 6.79. The molecular weight excluding hydrogens is 452 g/mol. The Morgan fingerprint density at radius 3 is 2.47 bits per heavy atom. The zero-order valence-corrected chi connectivity index (χ0v) is 19.0. The van der Waals surface area contributed by atoms with Crippen molar-refractivity contribution >= 4 is 40.1 Å². The highest BCUT2D eigenvalue weighted by atomic mass is 35.5. The lowest BCUT2D eigenvalue weighted by Gasteiger charge is -2.34. The molecule has 6 rings (SSSR count). The van der Waals surface area contributed by atoms with Crippen molar-refractivity contribution in [1.82, 2.24) is 4.90 Å². The van der Waals surface area contributed by atoms with Crippen LogP contribution in [0.5, 0.6) is 0 Å². The van der Waals surface area contributed by atoms with Crippen LogP contribution in [0.15, 0.2) is 82.0 Å². The highest BCUT2D eigenvalue weighted by Gasteiger charge is 2.64. The monoisotopic (exact) mass is 470 g/mol. The number of rotatable bonds is 3. The number of carbonyl (C=O) groups is 2. The van der Waals surface area contributed by atoms with Gasteiger partial charge in [0.05, 0.1) is 10.9 Å². The van der Waals surface area contributed by atoms with Gasteiger partial charge in [-0.25, -0.2) is 0 Å². The van der Waals surface area contributed by atoms with Gasteiger partial charge in [-0.2, -0.15) is 0 Å². The largest absolute Gasteiger partial charge is 0.450 e. The van der Waals surface area contributed by atoms with E-state index < -0.39 is 16.9 Å². The molecule has 0 saturated heterocycles. The SMILES string of the molecule is CN1C(=O)[C@@]2(c3ccccc31)c1c(oc3ccc(Cl)cc3c1=O)C(=O)N2CCc1ccccc1. The maximum atomic E-state index is 14.0. The van der Waals surface area contributed by atoms with Gasteiger partial charge >= 0.3 is 0 Å². The number of fused-ring (bicyclic) bond motifs is 5. The zero-order chi connectivity index (χ0) is 23.6. The van der Waals surface area contributed by atoms with Gasteiger partial charge in [0.15, 0.2) is 11.0 Å². The Kier molecular flexibility index (Phi) is 4.44. The average molecular weight is 471 g/mol. The second-order valence-electron chi connectivity index (χ2n) is 8.56. The first-order chi connectivity index (χ1) is 16.4. The fourth-order valence-electron chi connectivity index (χ4n) is 5.25. The average Bonchev–Trinajstić information content (AvgIpc) is 3.23. The minimum Gasteiger partial charge on any atom is -0.450 e. The molecule has 0 fully saturated rings. The Morgan fingerprint density at radius 1 is 0.941 bits per heavy atom. The number of para-hydroxylation sites is 1. The van der Waals surface area contributed by atoms with Gasteiger partial charge in [-0.1, -0.05) is 60.1 Å². The molecule has 3 aromatic carbocycles. The van der Waals surface area contributed by atoms with Gasteiger partial charge in [0, 0.05) is 29.9 Å². The molecule has 2 aliphatic heterocycles. The molecule has 3 heterocycles. The van der Waals surface area contributed by atoms with Crippen molar-refractivity contribution in [3.8, 4) is 0 Å². The lowest BCUT2D eigenvalue weighted by Crippen LogP contribution is -2.53. The molecule has 0 saturated carbocycles. The van der Waals surface area contributed by atoms with Crippen LogP contribution in [0.4, 0.5) is 5.69 Å². The van der Waals surface area contributed by atoms with E-state index >= 15 is 0 Å². The first-order valence-corrected chi connectivity index (χ1v) is 11.3. The fourth-order valence-corrected chi connectivity index (χ4v) is 5.43. The quantitative estimate of drug-likeness (QED) is 0.446. The summed E-state index contributed by atoms with van der Waals surface area (Å²) in [5, 5.41) is 0.609. The van der Waals surface area contributed by atoms with Crippen molar-refractivity contribution in [2.24, 2.45) is 0 Å². The summed E-state index contributed by atoms with van der Waals surface area (Å²) in [6, 6.07) is 21.7. The van der Waals surface area contributed by atoms with Crippen molar-refractivity contribution in [3.63, 3.8) is 0 Å². The van der Waals surface area contributed by atoms with Crippen LogP contribution in [0.1, 0.15) is 27.2 Å². The summed E-state index contributed by atoms with van der Waals surface area (Å²) in [7, 11) is 1.66. The maximum Gasteiger partial charge on any atom is 0.291 e. The molecule has 0 bridgehead atoms. The number of benzene rings is 3. The third kappa shape index (κ3) is 2.60. The Hall–Kier alpha value is -3.90. The van der Waals surface area contributed by atoms with Gasteiger partial charge in [0.25, 0.3) is 11.8 Å². The predicted molar refractivity (Wildman–Crippen MR) is 129 cm³/mol. The van der Waals surface area contributed by atoms with E-state index in [-0.39, 0.29) is 34.7 Å². The standard InChI is InChI=1S/C27H19ClN2O4/c1-29-20-10-6-5-9-19(20)27(26(29)33)22-23(31)18-15-17(28)11-12-21(18)34-24(22)25(32)30(27)14-13-16-7-3-2-4-8-16/h2-12,15H,13-14H2,1H3/t27-/m1/s1. The molecule has 0 unspecified atom stereocenters. The molecule has 2 amide bonds. The number of likely N-dealkylation sites (N-methyl/N-ethyl adjacent to an activating group) is 1. The summed E-state index contributed by atoms with van der Waals surface area (Å²) >= 11 is 6.17. The van der Waals surface area contributed by atoms with E-state index in [1.165, 1.54) is 15.9 Å². The topological polar surface area (TPSA) is 70.8 Å². The molecule has 1 spiro atoms. The number of nitrogens with zero attached hydrogens (tertiary/aromatic N) is 2. The smallest absolute Gasteiger partial charge is 0.291 e. The predicted octanol–water partition coefficient (Wildman–Crippen LogP) is 4.36. The molecule has 4 aromatic rings. The summed E-state index contributed by atoms with van der Waals surface area (Å²) in [5.74, 6) is -0.924. The number of halogens is 1. The summed E-state index contributed by atoms with van der Waals surface area (Å²) in [6.07, 6.45) is 0.515. The van der Waals surface area contributed by atoms with Crippen molar-refractivity contribution in [2.45, 2.75) is 12.0 Å². The van der Waals surface area contributed by atoms with Crippen LogP contribution >= 0.6 is 11.6 Å². The van der Waals surface area contributed by atoms with E-state index in [2.05, 4.69) is 0 Å². The van der Waals surface area contributed by atoms with Crippen LogP contribution in [0, 0.1) is 0 Å². The minimum absolute atomic E-state index is 0.0575. The third-order valence-corrected chi connectivity index (χ3v) is 7.03. The molecule has 7 heteroatoms. The number of carbonyl (C=O) groups excluding carboxylic acids is 2. The molecule has 0 radical (unpaired) electrons. The molecule has 1 atom stereocenters. The second-order valence-corrected chi connectivity index (χ2v) is 9.00. The van der Waals surface area contributed by atoms with Crippen molar-refractivity contribution in [3.05, 3.63) is 110 Å². The van der Waals surface area contributed by atoms with E-state index in [9.17, 15) is 14.4 Å². The van der Waals surface area contributed by atoms with E-state index in [0.29, 0.717) is 22.7 Å². The highest BCUT2D eigenvalue weighted by Crippen LogP contribution is 2.52. The van der Waals surface area contributed by atoms with Gasteiger partial charge in [-0.05, 0) is 36.2 Å². The van der Waals surface area contributed by atoms with Crippen LogP contribution in [-0.4, -0.2) is 30.3 Å². The maximum absolute atomic E-state index is 14.0. The fraction of sp³-hybridized carbons (Fsp3) is 0.148. The van der Waals surface area contributed by atoms with E-state index in [0.717, 1.165) is 5.56 Å². The Labute approximate surface area is 200 Å². The molecule has 2 aliphatic rings. The molecule has 0 N–H and O–H groups in total. The summed E-state index contributed by atoms with van der Waals surface area (Å²) in [5.41, 5.74) is 0.567. The van der Waals surface area contributed by atoms with Crippen LogP contribution < -0.4 is 10.3 Å². The van der Waals surface area contributed by atoms with Crippen molar-refractivity contribution in [2.75, 3.05) is 18.5 Å². The molecular formula is C27H19ClN2O4. The lowest BCUT2D eigenvalue weighted by molar-refractivity contribution is -0.125. The molecule has 168 valence electrons. The molecule has 0 aliphatic carbocycles. The summed E-state index contributed by atoms with van der Waals surface area (Å²) < 4.78 is 6.00.